The van der Waals surface area contributed by atoms with Crippen molar-refractivity contribution in [2.75, 3.05) is 11.9 Å². The highest BCUT2D eigenvalue weighted by molar-refractivity contribution is 6.06. The minimum atomic E-state index is -4.67. The molecule has 0 fully saturated rings. The van der Waals surface area contributed by atoms with Gasteiger partial charge in [0.15, 0.2) is 5.69 Å². The van der Waals surface area contributed by atoms with E-state index in [9.17, 15) is 18.0 Å². The summed E-state index contributed by atoms with van der Waals surface area (Å²) in [4.78, 5) is 13.6. The number of hydrogen-bond donors (Lipinski definition) is 0. The van der Waals surface area contributed by atoms with Gasteiger partial charge >= 0.3 is 6.18 Å². The zero-order valence-corrected chi connectivity index (χ0v) is 12.7. The number of amides is 1. The van der Waals surface area contributed by atoms with Crippen LogP contribution >= 0.6 is 0 Å². The van der Waals surface area contributed by atoms with Crippen LogP contribution in [0, 0.1) is 13.8 Å². The van der Waals surface area contributed by atoms with Crippen LogP contribution in [0.15, 0.2) is 24.4 Å². The SMILES string of the molecule is Cc1cc(C)cc(N(C)C(=O)c2cn(C)nc2C(F)(F)F)c1. The van der Waals surface area contributed by atoms with E-state index in [1.807, 2.05) is 19.9 Å². The van der Waals surface area contributed by atoms with Gasteiger partial charge in [-0.05, 0) is 37.1 Å². The lowest BCUT2D eigenvalue weighted by Gasteiger charge is -2.19. The third-order valence-corrected chi connectivity index (χ3v) is 3.23. The molecule has 2 aromatic rings. The predicted octanol–water partition coefficient (Wildman–Crippen LogP) is 3.33. The molecule has 1 aromatic heterocycles. The number of aryl methyl sites for hydroxylation is 3. The van der Waals surface area contributed by atoms with Crippen LogP contribution in [0.2, 0.25) is 0 Å². The summed E-state index contributed by atoms with van der Waals surface area (Å²) in [5, 5.41) is 3.36. The van der Waals surface area contributed by atoms with Crippen molar-refractivity contribution in [1.82, 2.24) is 9.78 Å². The zero-order chi connectivity index (χ0) is 16.7. The van der Waals surface area contributed by atoms with Crippen LogP contribution in [0.1, 0.15) is 27.2 Å². The van der Waals surface area contributed by atoms with E-state index >= 15 is 0 Å². The number of hydrogen-bond acceptors (Lipinski definition) is 2. The second-order valence-corrected chi connectivity index (χ2v) is 5.27. The fourth-order valence-corrected chi connectivity index (χ4v) is 2.30. The molecule has 22 heavy (non-hydrogen) atoms. The van der Waals surface area contributed by atoms with Gasteiger partial charge in [-0.3, -0.25) is 9.48 Å². The third-order valence-electron chi connectivity index (χ3n) is 3.23. The highest BCUT2D eigenvalue weighted by Gasteiger charge is 2.39. The Labute approximate surface area is 126 Å². The van der Waals surface area contributed by atoms with Gasteiger partial charge < -0.3 is 4.90 Å². The Morgan fingerprint density at radius 3 is 2.23 bits per heavy atom. The van der Waals surface area contributed by atoms with Gasteiger partial charge in [0.25, 0.3) is 5.91 Å². The van der Waals surface area contributed by atoms with E-state index in [1.165, 1.54) is 19.0 Å². The molecule has 0 aliphatic heterocycles. The van der Waals surface area contributed by atoms with Gasteiger partial charge in [-0.25, -0.2) is 0 Å². The Morgan fingerprint density at radius 2 is 1.73 bits per heavy atom. The summed E-state index contributed by atoms with van der Waals surface area (Å²) in [6.07, 6.45) is -3.58. The molecule has 0 bridgehead atoms. The second kappa shape index (κ2) is 5.47. The Kier molecular flexibility index (Phi) is 4.00. The van der Waals surface area contributed by atoms with E-state index in [2.05, 4.69) is 5.10 Å². The van der Waals surface area contributed by atoms with Crippen molar-refractivity contribution in [1.29, 1.82) is 0 Å². The molecular formula is C15H16F3N3O. The van der Waals surface area contributed by atoms with Crippen LogP contribution in [-0.2, 0) is 13.2 Å². The summed E-state index contributed by atoms with van der Waals surface area (Å²) >= 11 is 0. The van der Waals surface area contributed by atoms with Crippen molar-refractivity contribution in [3.8, 4) is 0 Å². The number of nitrogens with zero attached hydrogens (tertiary/aromatic N) is 3. The Morgan fingerprint density at radius 1 is 1.18 bits per heavy atom. The van der Waals surface area contributed by atoms with Crippen LogP contribution in [0.3, 0.4) is 0 Å². The molecule has 0 atom stereocenters. The standard InChI is InChI=1S/C15H16F3N3O/c1-9-5-10(2)7-11(6-9)21(4)14(22)12-8-20(3)19-13(12)15(16,17)18/h5-8H,1-4H3. The first-order chi connectivity index (χ1) is 10.1. The molecular weight excluding hydrogens is 295 g/mol. The topological polar surface area (TPSA) is 38.1 Å². The normalized spacial score (nSPS) is 11.6. The highest BCUT2D eigenvalue weighted by atomic mass is 19.4. The lowest BCUT2D eigenvalue weighted by atomic mass is 10.1. The van der Waals surface area contributed by atoms with Crippen LogP contribution in [0.4, 0.5) is 18.9 Å². The van der Waals surface area contributed by atoms with E-state index in [0.29, 0.717) is 5.69 Å². The molecule has 2 rings (SSSR count). The first kappa shape index (κ1) is 16.1. The van der Waals surface area contributed by atoms with E-state index in [4.69, 9.17) is 0 Å². The number of anilines is 1. The lowest BCUT2D eigenvalue weighted by Crippen LogP contribution is -2.28. The van der Waals surface area contributed by atoms with E-state index in [0.717, 1.165) is 22.0 Å². The Hall–Kier alpha value is -2.31. The molecule has 0 aliphatic carbocycles. The summed E-state index contributed by atoms with van der Waals surface area (Å²) in [5.74, 6) is -0.745. The summed E-state index contributed by atoms with van der Waals surface area (Å²) in [7, 11) is 2.80. The summed E-state index contributed by atoms with van der Waals surface area (Å²) in [6, 6.07) is 5.41. The summed E-state index contributed by atoms with van der Waals surface area (Å²) in [6.45, 7) is 3.72. The van der Waals surface area contributed by atoms with E-state index in [1.54, 1.807) is 12.1 Å². The molecule has 0 N–H and O–H groups in total. The van der Waals surface area contributed by atoms with Crippen LogP contribution < -0.4 is 4.90 Å². The molecule has 4 nitrogen and oxygen atoms in total. The maximum Gasteiger partial charge on any atom is 0.435 e. The maximum absolute atomic E-state index is 13.0. The minimum Gasteiger partial charge on any atom is -0.311 e. The number of carbonyl (C=O) groups is 1. The average Bonchev–Trinajstić information content (AvgIpc) is 2.78. The predicted molar refractivity (Wildman–Crippen MR) is 76.9 cm³/mol. The quantitative estimate of drug-likeness (QED) is 0.853. The average molecular weight is 311 g/mol. The number of carbonyl (C=O) groups excluding carboxylic acids is 1. The van der Waals surface area contributed by atoms with Crippen molar-refractivity contribution in [3.05, 3.63) is 46.8 Å². The largest absolute Gasteiger partial charge is 0.435 e. The second-order valence-electron chi connectivity index (χ2n) is 5.27. The van der Waals surface area contributed by atoms with Crippen molar-refractivity contribution >= 4 is 11.6 Å². The molecule has 1 heterocycles. The van der Waals surface area contributed by atoms with Gasteiger partial charge in [0, 0.05) is 26.0 Å². The monoisotopic (exact) mass is 311 g/mol. The van der Waals surface area contributed by atoms with Gasteiger partial charge in [0.1, 0.15) is 0 Å². The maximum atomic E-state index is 13.0. The molecule has 118 valence electrons. The molecule has 1 amide bonds. The van der Waals surface area contributed by atoms with Gasteiger partial charge in [0.05, 0.1) is 5.56 Å². The number of benzene rings is 1. The van der Waals surface area contributed by atoms with Crippen LogP contribution in [0.5, 0.6) is 0 Å². The molecule has 0 spiro atoms. The molecule has 0 aliphatic rings. The van der Waals surface area contributed by atoms with E-state index in [-0.39, 0.29) is 0 Å². The Balaban J connectivity index is 2.44. The number of rotatable bonds is 2. The van der Waals surface area contributed by atoms with Gasteiger partial charge in [-0.15, -0.1) is 0 Å². The smallest absolute Gasteiger partial charge is 0.311 e. The molecule has 7 heteroatoms. The fraction of sp³-hybridized carbons (Fsp3) is 0.333. The molecule has 1 aromatic carbocycles. The van der Waals surface area contributed by atoms with Gasteiger partial charge in [0.2, 0.25) is 0 Å². The van der Waals surface area contributed by atoms with Crippen molar-refractivity contribution < 1.29 is 18.0 Å². The number of aromatic nitrogens is 2. The lowest BCUT2D eigenvalue weighted by molar-refractivity contribution is -0.141. The molecule has 0 saturated heterocycles. The van der Waals surface area contributed by atoms with Crippen LogP contribution in [-0.4, -0.2) is 22.7 Å². The third kappa shape index (κ3) is 3.13. The van der Waals surface area contributed by atoms with Crippen LogP contribution in [0.25, 0.3) is 0 Å². The highest BCUT2D eigenvalue weighted by Crippen LogP contribution is 2.31. The first-order valence-corrected chi connectivity index (χ1v) is 6.57. The minimum absolute atomic E-state index is 0.461. The Bertz CT molecular complexity index is 699. The molecule has 0 saturated carbocycles. The van der Waals surface area contributed by atoms with Gasteiger partial charge in [-0.2, -0.15) is 18.3 Å². The zero-order valence-electron chi connectivity index (χ0n) is 12.7. The number of halogens is 3. The fourth-order valence-electron chi connectivity index (χ4n) is 2.30. The first-order valence-electron chi connectivity index (χ1n) is 6.57. The van der Waals surface area contributed by atoms with Crippen molar-refractivity contribution in [2.45, 2.75) is 20.0 Å². The van der Waals surface area contributed by atoms with Crippen molar-refractivity contribution in [2.24, 2.45) is 7.05 Å². The van der Waals surface area contributed by atoms with Gasteiger partial charge in [-0.1, -0.05) is 6.07 Å². The summed E-state index contributed by atoms with van der Waals surface area (Å²) < 4.78 is 39.9. The summed E-state index contributed by atoms with van der Waals surface area (Å²) in [5.41, 5.74) is 0.765. The number of alkyl halides is 3. The van der Waals surface area contributed by atoms with Crippen molar-refractivity contribution in [3.63, 3.8) is 0 Å². The molecule has 0 unspecified atom stereocenters. The van der Waals surface area contributed by atoms with E-state index < -0.39 is 23.3 Å². The molecule has 0 radical (unpaired) electrons.